The molecule has 1 aliphatic rings. The highest BCUT2D eigenvalue weighted by molar-refractivity contribution is 5.93. The van der Waals surface area contributed by atoms with Crippen molar-refractivity contribution in [3.8, 4) is 0 Å². The van der Waals surface area contributed by atoms with Crippen LogP contribution in [-0.2, 0) is 9.59 Å². The van der Waals surface area contributed by atoms with Gasteiger partial charge >= 0.3 is 5.91 Å². The average molecular weight is 183 g/mol. The zero-order chi connectivity index (χ0) is 10.0. The van der Waals surface area contributed by atoms with Gasteiger partial charge in [0.2, 0.25) is 5.91 Å². The largest absolute Gasteiger partial charge is 0.407 e. The Bertz CT molecular complexity index is 226. The van der Waals surface area contributed by atoms with Crippen molar-refractivity contribution in [2.24, 2.45) is 5.73 Å². The smallest absolute Gasteiger partial charge is 0.368 e. The minimum absolute atomic E-state index is 0.0544. The molecule has 1 saturated heterocycles. The molecule has 4 heteroatoms. The average Bonchev–Trinajstić information content (AvgIpc) is 2.50. The molecule has 1 fully saturated rings. The summed E-state index contributed by atoms with van der Waals surface area (Å²) in [5.41, 5.74) is 5.18. The van der Waals surface area contributed by atoms with E-state index < -0.39 is 5.91 Å². The van der Waals surface area contributed by atoms with E-state index in [0.29, 0.717) is 18.9 Å². The van der Waals surface area contributed by atoms with Crippen LogP contribution in [0.2, 0.25) is 0 Å². The van der Waals surface area contributed by atoms with Crippen LogP contribution in [0, 0.1) is 5.92 Å². The predicted molar refractivity (Wildman–Crippen MR) is 48.5 cm³/mol. The Labute approximate surface area is 78.1 Å². The number of hydrogen-bond donors (Lipinski definition) is 1. The van der Waals surface area contributed by atoms with Crippen LogP contribution in [0.1, 0.15) is 26.7 Å². The number of likely N-dealkylation sites (tertiary alicyclic amines) is 1. The fraction of sp³-hybridized carbons (Fsp3) is 0.667. The van der Waals surface area contributed by atoms with Gasteiger partial charge in [-0.15, -0.1) is 0 Å². The maximum absolute atomic E-state index is 11.5. The summed E-state index contributed by atoms with van der Waals surface area (Å²) < 4.78 is 0. The van der Waals surface area contributed by atoms with Gasteiger partial charge in [0.1, 0.15) is 6.04 Å². The number of amides is 2. The van der Waals surface area contributed by atoms with E-state index in [9.17, 15) is 9.59 Å². The lowest BCUT2D eigenvalue weighted by Gasteiger charge is -2.18. The zero-order valence-corrected chi connectivity index (χ0v) is 8.04. The van der Waals surface area contributed by atoms with Crippen molar-refractivity contribution in [3.05, 3.63) is 5.92 Å². The first-order valence-corrected chi connectivity index (χ1v) is 4.44. The Morgan fingerprint density at radius 1 is 1.46 bits per heavy atom. The molecule has 0 saturated carbocycles. The van der Waals surface area contributed by atoms with Gasteiger partial charge in [0.15, 0.2) is 5.92 Å². The van der Waals surface area contributed by atoms with Crippen LogP contribution < -0.4 is 5.73 Å². The lowest BCUT2D eigenvalue weighted by Crippen LogP contribution is -2.44. The molecule has 1 unspecified atom stereocenters. The van der Waals surface area contributed by atoms with E-state index in [1.54, 1.807) is 18.7 Å². The Morgan fingerprint density at radius 3 is 2.54 bits per heavy atom. The van der Waals surface area contributed by atoms with Crippen LogP contribution >= 0.6 is 0 Å². The second kappa shape index (κ2) is 3.68. The molecule has 13 heavy (non-hydrogen) atoms. The molecule has 4 nitrogen and oxygen atoms in total. The van der Waals surface area contributed by atoms with Crippen molar-refractivity contribution in [3.63, 3.8) is 0 Å². The second-order valence-corrected chi connectivity index (χ2v) is 3.56. The summed E-state index contributed by atoms with van der Waals surface area (Å²) >= 11 is 0. The minimum atomic E-state index is -0.396. The van der Waals surface area contributed by atoms with E-state index in [-0.39, 0.29) is 11.9 Å². The molecule has 0 aliphatic carbocycles. The highest BCUT2D eigenvalue weighted by atomic mass is 16.2. The fourth-order valence-corrected chi connectivity index (χ4v) is 1.59. The SMILES string of the molecule is C[C+](C)C(=O)N1CCCC1C(N)=O. The molecule has 1 heterocycles. The molecule has 2 N–H and O–H groups in total. The standard InChI is InChI=1S/C9H14N2O2/c1-6(2)9(13)11-5-3-4-7(11)8(10)12/h7H,3-5H2,1-2H3,(H-,10,12)/p+1. The summed E-state index contributed by atoms with van der Waals surface area (Å²) in [7, 11) is 0. The normalized spacial score (nSPS) is 21.7. The first-order chi connectivity index (χ1) is 6.04. The minimum Gasteiger partial charge on any atom is -0.368 e. The number of nitrogens with zero attached hydrogens (tertiary/aromatic N) is 1. The van der Waals surface area contributed by atoms with Crippen LogP contribution in [0.3, 0.4) is 0 Å². The van der Waals surface area contributed by atoms with Gasteiger partial charge in [-0.2, -0.15) is 0 Å². The van der Waals surface area contributed by atoms with Crippen molar-refractivity contribution in [2.75, 3.05) is 6.54 Å². The molecular formula is C9H15N2O2+. The van der Waals surface area contributed by atoms with E-state index in [1.165, 1.54) is 0 Å². The summed E-state index contributed by atoms with van der Waals surface area (Å²) in [4.78, 5) is 24.1. The van der Waals surface area contributed by atoms with E-state index in [0.717, 1.165) is 6.42 Å². The van der Waals surface area contributed by atoms with Crippen molar-refractivity contribution in [1.29, 1.82) is 0 Å². The van der Waals surface area contributed by atoms with Gasteiger partial charge in [-0.1, -0.05) is 0 Å². The number of carbonyl (C=O) groups is 2. The van der Waals surface area contributed by atoms with Gasteiger partial charge in [-0.25, -0.2) is 4.79 Å². The Morgan fingerprint density at radius 2 is 2.08 bits per heavy atom. The molecule has 0 aromatic heterocycles. The first-order valence-electron chi connectivity index (χ1n) is 4.44. The number of primary amides is 1. The molecule has 0 aromatic rings. The van der Waals surface area contributed by atoms with E-state index in [1.807, 2.05) is 0 Å². The molecule has 1 rings (SSSR count). The summed E-state index contributed by atoms with van der Waals surface area (Å²) in [6.45, 7) is 4.15. The van der Waals surface area contributed by atoms with Gasteiger partial charge in [0.05, 0.1) is 13.8 Å². The summed E-state index contributed by atoms with van der Waals surface area (Å²) in [5, 5.41) is 0. The van der Waals surface area contributed by atoms with Crippen molar-refractivity contribution < 1.29 is 9.59 Å². The Kier molecular flexibility index (Phi) is 2.80. The van der Waals surface area contributed by atoms with Crippen LogP contribution in [0.15, 0.2) is 0 Å². The quantitative estimate of drug-likeness (QED) is 0.616. The van der Waals surface area contributed by atoms with Gasteiger partial charge in [-0.05, 0) is 12.8 Å². The van der Waals surface area contributed by atoms with E-state index in [2.05, 4.69) is 0 Å². The molecule has 0 radical (unpaired) electrons. The molecule has 2 amide bonds. The third kappa shape index (κ3) is 1.94. The fourth-order valence-electron chi connectivity index (χ4n) is 1.59. The molecule has 72 valence electrons. The number of hydrogen-bond acceptors (Lipinski definition) is 2. The highest BCUT2D eigenvalue weighted by Crippen LogP contribution is 2.19. The Balaban J connectivity index is 2.68. The molecule has 0 spiro atoms. The van der Waals surface area contributed by atoms with Gasteiger partial charge in [-0.3, -0.25) is 9.69 Å². The van der Waals surface area contributed by atoms with Gasteiger partial charge < -0.3 is 5.73 Å². The van der Waals surface area contributed by atoms with E-state index >= 15 is 0 Å². The molecule has 1 atom stereocenters. The number of rotatable bonds is 2. The number of nitrogens with two attached hydrogens (primary N) is 1. The Hall–Kier alpha value is -1.19. The van der Waals surface area contributed by atoms with Crippen molar-refractivity contribution >= 4 is 11.8 Å². The molecule has 0 aromatic carbocycles. The molecule has 0 bridgehead atoms. The summed E-state index contributed by atoms with van der Waals surface area (Å²) in [6, 6.07) is -0.387. The zero-order valence-electron chi connectivity index (χ0n) is 8.04. The highest BCUT2D eigenvalue weighted by Gasteiger charge is 2.38. The topological polar surface area (TPSA) is 63.4 Å². The third-order valence-electron chi connectivity index (χ3n) is 2.27. The predicted octanol–water partition coefficient (Wildman–Crippen LogP) is 0.0770. The van der Waals surface area contributed by atoms with Crippen molar-refractivity contribution in [2.45, 2.75) is 32.7 Å². The van der Waals surface area contributed by atoms with Crippen molar-refractivity contribution in [1.82, 2.24) is 4.90 Å². The molecule has 1 aliphatic heterocycles. The molecular weight excluding hydrogens is 168 g/mol. The van der Waals surface area contributed by atoms with Gasteiger partial charge in [0, 0.05) is 6.54 Å². The maximum atomic E-state index is 11.5. The van der Waals surface area contributed by atoms with E-state index in [4.69, 9.17) is 5.73 Å². The summed E-state index contributed by atoms with van der Waals surface area (Å²) in [5.74, 6) is 0.251. The van der Waals surface area contributed by atoms with Crippen LogP contribution in [-0.4, -0.2) is 29.3 Å². The lowest BCUT2D eigenvalue weighted by atomic mass is 10.1. The maximum Gasteiger partial charge on any atom is 0.407 e. The third-order valence-corrected chi connectivity index (χ3v) is 2.27. The van der Waals surface area contributed by atoms with Gasteiger partial charge in [0.25, 0.3) is 0 Å². The summed E-state index contributed by atoms with van der Waals surface area (Å²) in [6.07, 6.45) is 1.57. The monoisotopic (exact) mass is 183 g/mol. The van der Waals surface area contributed by atoms with Crippen LogP contribution in [0.5, 0.6) is 0 Å². The number of carbonyl (C=O) groups excluding carboxylic acids is 2. The first kappa shape index (κ1) is 9.89. The van der Waals surface area contributed by atoms with Crippen LogP contribution in [0.4, 0.5) is 0 Å². The lowest BCUT2D eigenvalue weighted by molar-refractivity contribution is -0.135. The second-order valence-electron chi connectivity index (χ2n) is 3.56. The van der Waals surface area contributed by atoms with Crippen LogP contribution in [0.25, 0.3) is 0 Å².